The number of carboxylic acid groups (broad SMARTS) is 1. The standard InChI is InChI=1S/C14H15NO4S/c16-13(15-4-6-20-8-11(15)14(17)18)10-1-2-12-9(7-10)3-5-19-12/h1-2,7,11H,3-6,8H2,(H,17,18). The molecule has 20 heavy (non-hydrogen) atoms. The predicted molar refractivity (Wildman–Crippen MR) is 75.4 cm³/mol. The Morgan fingerprint density at radius 1 is 1.40 bits per heavy atom. The second-order valence-corrected chi connectivity index (χ2v) is 6.00. The number of rotatable bonds is 2. The summed E-state index contributed by atoms with van der Waals surface area (Å²) in [5.41, 5.74) is 1.57. The first kappa shape index (κ1) is 13.3. The van der Waals surface area contributed by atoms with Crippen molar-refractivity contribution in [3.63, 3.8) is 0 Å². The van der Waals surface area contributed by atoms with Crippen molar-refractivity contribution in [1.82, 2.24) is 4.90 Å². The van der Waals surface area contributed by atoms with Crippen LogP contribution >= 0.6 is 11.8 Å². The highest BCUT2D eigenvalue weighted by Gasteiger charge is 2.33. The molecule has 0 radical (unpaired) electrons. The smallest absolute Gasteiger partial charge is 0.327 e. The molecule has 1 atom stereocenters. The lowest BCUT2D eigenvalue weighted by Gasteiger charge is -2.32. The van der Waals surface area contributed by atoms with Gasteiger partial charge in [-0.2, -0.15) is 11.8 Å². The average molecular weight is 293 g/mol. The molecule has 1 aromatic carbocycles. The molecule has 6 heteroatoms. The van der Waals surface area contributed by atoms with Gasteiger partial charge in [0.25, 0.3) is 5.91 Å². The number of nitrogens with zero attached hydrogens (tertiary/aromatic N) is 1. The lowest BCUT2D eigenvalue weighted by Crippen LogP contribution is -2.50. The van der Waals surface area contributed by atoms with Crippen LogP contribution in [0.15, 0.2) is 18.2 Å². The first-order chi connectivity index (χ1) is 9.66. The highest BCUT2D eigenvalue weighted by atomic mass is 32.2. The Morgan fingerprint density at radius 3 is 3.05 bits per heavy atom. The van der Waals surface area contributed by atoms with E-state index in [-0.39, 0.29) is 5.91 Å². The molecule has 1 saturated heterocycles. The fourth-order valence-electron chi connectivity index (χ4n) is 2.54. The number of carbonyl (C=O) groups excluding carboxylic acids is 1. The minimum atomic E-state index is -0.935. The number of amides is 1. The van der Waals surface area contributed by atoms with Gasteiger partial charge in [-0.25, -0.2) is 4.79 Å². The lowest BCUT2D eigenvalue weighted by molar-refractivity contribution is -0.141. The van der Waals surface area contributed by atoms with Crippen LogP contribution in [0.1, 0.15) is 15.9 Å². The third-order valence-electron chi connectivity index (χ3n) is 3.61. The molecule has 1 fully saturated rings. The zero-order valence-electron chi connectivity index (χ0n) is 10.9. The maximum atomic E-state index is 12.5. The van der Waals surface area contributed by atoms with Crippen molar-refractivity contribution in [2.75, 3.05) is 24.7 Å². The molecule has 2 aliphatic heterocycles. The SMILES string of the molecule is O=C(O)C1CSCCN1C(=O)c1ccc2c(c1)CCO2. The molecule has 0 saturated carbocycles. The van der Waals surface area contributed by atoms with Crippen molar-refractivity contribution >= 4 is 23.6 Å². The largest absolute Gasteiger partial charge is 0.493 e. The quantitative estimate of drug-likeness (QED) is 0.889. The molecular formula is C14H15NO4S. The zero-order valence-corrected chi connectivity index (χ0v) is 11.7. The highest BCUT2D eigenvalue weighted by molar-refractivity contribution is 7.99. The van der Waals surface area contributed by atoms with Crippen LogP contribution in [0.3, 0.4) is 0 Å². The Morgan fingerprint density at radius 2 is 2.25 bits per heavy atom. The maximum Gasteiger partial charge on any atom is 0.327 e. The molecule has 0 aliphatic carbocycles. The van der Waals surface area contributed by atoms with E-state index in [1.807, 2.05) is 6.07 Å². The van der Waals surface area contributed by atoms with Gasteiger partial charge in [0.15, 0.2) is 0 Å². The summed E-state index contributed by atoms with van der Waals surface area (Å²) in [6, 6.07) is 4.61. The molecule has 1 amide bonds. The lowest BCUT2D eigenvalue weighted by atomic mass is 10.1. The van der Waals surface area contributed by atoms with Crippen LogP contribution in [0, 0.1) is 0 Å². The molecule has 0 bridgehead atoms. The van der Waals surface area contributed by atoms with Crippen LogP contribution in [-0.2, 0) is 11.2 Å². The van der Waals surface area contributed by atoms with E-state index in [2.05, 4.69) is 0 Å². The molecule has 1 aromatic rings. The summed E-state index contributed by atoms with van der Waals surface area (Å²) in [7, 11) is 0. The van der Waals surface area contributed by atoms with Crippen molar-refractivity contribution in [2.24, 2.45) is 0 Å². The van der Waals surface area contributed by atoms with Gasteiger partial charge in [-0.1, -0.05) is 0 Å². The third-order valence-corrected chi connectivity index (χ3v) is 4.63. The van der Waals surface area contributed by atoms with Crippen molar-refractivity contribution in [1.29, 1.82) is 0 Å². The molecule has 3 rings (SSSR count). The third kappa shape index (κ3) is 2.35. The number of ether oxygens (including phenoxy) is 1. The van der Waals surface area contributed by atoms with E-state index in [0.29, 0.717) is 24.5 Å². The Kier molecular flexibility index (Phi) is 3.56. The van der Waals surface area contributed by atoms with E-state index in [1.165, 1.54) is 4.90 Å². The van der Waals surface area contributed by atoms with Crippen LogP contribution in [-0.4, -0.2) is 52.6 Å². The summed E-state index contributed by atoms with van der Waals surface area (Å²) >= 11 is 1.57. The molecule has 2 aliphatic rings. The van der Waals surface area contributed by atoms with E-state index < -0.39 is 12.0 Å². The fourth-order valence-corrected chi connectivity index (χ4v) is 3.58. The second-order valence-electron chi connectivity index (χ2n) is 4.85. The first-order valence-electron chi connectivity index (χ1n) is 6.54. The summed E-state index contributed by atoms with van der Waals surface area (Å²) in [5.74, 6) is 0.923. The van der Waals surface area contributed by atoms with Gasteiger partial charge >= 0.3 is 5.97 Å². The van der Waals surface area contributed by atoms with Crippen LogP contribution in [0.5, 0.6) is 5.75 Å². The summed E-state index contributed by atoms with van der Waals surface area (Å²) in [4.78, 5) is 25.3. The number of thioether (sulfide) groups is 1. The zero-order chi connectivity index (χ0) is 14.1. The number of carbonyl (C=O) groups is 2. The number of fused-ring (bicyclic) bond motifs is 1. The van der Waals surface area contributed by atoms with E-state index in [4.69, 9.17) is 4.74 Å². The van der Waals surface area contributed by atoms with Gasteiger partial charge < -0.3 is 14.7 Å². The number of aliphatic carboxylic acids is 1. The van der Waals surface area contributed by atoms with Gasteiger partial charge in [0, 0.05) is 30.0 Å². The molecule has 106 valence electrons. The van der Waals surface area contributed by atoms with Gasteiger partial charge in [-0.15, -0.1) is 0 Å². The minimum Gasteiger partial charge on any atom is -0.493 e. The van der Waals surface area contributed by atoms with E-state index in [1.54, 1.807) is 23.9 Å². The summed E-state index contributed by atoms with van der Waals surface area (Å²) < 4.78 is 5.42. The maximum absolute atomic E-state index is 12.5. The normalized spacial score (nSPS) is 21.2. The Labute approximate surface area is 120 Å². The second kappa shape index (κ2) is 5.36. The van der Waals surface area contributed by atoms with Crippen LogP contribution < -0.4 is 4.74 Å². The Bertz CT molecular complexity index is 560. The van der Waals surface area contributed by atoms with Crippen LogP contribution in [0.2, 0.25) is 0 Å². The first-order valence-corrected chi connectivity index (χ1v) is 7.69. The van der Waals surface area contributed by atoms with Gasteiger partial charge in [0.1, 0.15) is 11.8 Å². The van der Waals surface area contributed by atoms with E-state index >= 15 is 0 Å². The monoisotopic (exact) mass is 293 g/mol. The average Bonchev–Trinajstić information content (AvgIpc) is 2.93. The van der Waals surface area contributed by atoms with Crippen LogP contribution in [0.4, 0.5) is 0 Å². The van der Waals surface area contributed by atoms with Crippen molar-refractivity contribution in [3.8, 4) is 5.75 Å². The van der Waals surface area contributed by atoms with Crippen molar-refractivity contribution < 1.29 is 19.4 Å². The van der Waals surface area contributed by atoms with Gasteiger partial charge in [0.2, 0.25) is 0 Å². The van der Waals surface area contributed by atoms with E-state index in [9.17, 15) is 14.7 Å². The number of hydrogen-bond donors (Lipinski definition) is 1. The molecule has 0 aromatic heterocycles. The number of carboxylic acids is 1. The molecule has 0 spiro atoms. The van der Waals surface area contributed by atoms with Crippen molar-refractivity contribution in [2.45, 2.75) is 12.5 Å². The Balaban J connectivity index is 1.85. The summed E-state index contributed by atoms with van der Waals surface area (Å²) in [6.07, 6.45) is 0.800. The van der Waals surface area contributed by atoms with Crippen molar-refractivity contribution in [3.05, 3.63) is 29.3 Å². The summed E-state index contributed by atoms with van der Waals surface area (Å²) in [5, 5.41) is 9.23. The predicted octanol–water partition coefficient (Wildman–Crippen LogP) is 1.26. The molecule has 1 N–H and O–H groups in total. The van der Waals surface area contributed by atoms with E-state index in [0.717, 1.165) is 23.5 Å². The molecule has 1 unspecified atom stereocenters. The number of benzene rings is 1. The van der Waals surface area contributed by atoms with Crippen LogP contribution in [0.25, 0.3) is 0 Å². The molecule has 2 heterocycles. The Hall–Kier alpha value is -1.69. The topological polar surface area (TPSA) is 66.8 Å². The minimum absolute atomic E-state index is 0.201. The van der Waals surface area contributed by atoms with Gasteiger partial charge in [-0.3, -0.25) is 4.79 Å². The molecular weight excluding hydrogens is 278 g/mol. The molecule has 5 nitrogen and oxygen atoms in total. The highest BCUT2D eigenvalue weighted by Crippen LogP contribution is 2.27. The number of hydrogen-bond acceptors (Lipinski definition) is 4. The van der Waals surface area contributed by atoms with Gasteiger partial charge in [0.05, 0.1) is 6.61 Å². The summed E-state index contributed by atoms with van der Waals surface area (Å²) in [6.45, 7) is 1.12. The fraction of sp³-hybridized carbons (Fsp3) is 0.429. The van der Waals surface area contributed by atoms with Gasteiger partial charge in [-0.05, 0) is 23.8 Å².